The highest BCUT2D eigenvalue weighted by molar-refractivity contribution is 8.03. The van der Waals surface area contributed by atoms with E-state index < -0.39 is 0 Å². The van der Waals surface area contributed by atoms with Crippen molar-refractivity contribution in [2.24, 2.45) is 5.92 Å². The number of carbonyl (C=O) groups excluding carboxylic acids is 2. The summed E-state index contributed by atoms with van der Waals surface area (Å²) in [5, 5.41) is 0. The minimum atomic E-state index is -0.232. The maximum absolute atomic E-state index is 13.0. The van der Waals surface area contributed by atoms with Crippen molar-refractivity contribution >= 4 is 29.1 Å². The van der Waals surface area contributed by atoms with Crippen molar-refractivity contribution in [1.29, 1.82) is 0 Å². The van der Waals surface area contributed by atoms with Gasteiger partial charge in [0.25, 0.3) is 11.8 Å². The fourth-order valence-electron chi connectivity index (χ4n) is 2.89. The highest BCUT2D eigenvalue weighted by atomic mass is 32.2. The normalized spacial score (nSPS) is 14.5. The molecule has 0 unspecified atom stereocenters. The molecule has 0 N–H and O–H groups in total. The van der Waals surface area contributed by atoms with E-state index in [1.807, 2.05) is 43.3 Å². The van der Waals surface area contributed by atoms with Gasteiger partial charge in [-0.1, -0.05) is 32.9 Å². The van der Waals surface area contributed by atoms with Crippen LogP contribution in [-0.4, -0.2) is 29.9 Å². The Morgan fingerprint density at radius 1 is 1.11 bits per heavy atom. The highest BCUT2D eigenvalue weighted by Crippen LogP contribution is 2.38. The Labute approximate surface area is 169 Å². The summed E-state index contributed by atoms with van der Waals surface area (Å²) in [6, 6.07) is 11.1. The predicted octanol–water partition coefficient (Wildman–Crippen LogP) is 4.74. The Balaban J connectivity index is 1.87. The predicted molar refractivity (Wildman–Crippen MR) is 111 cm³/mol. The van der Waals surface area contributed by atoms with Crippen molar-refractivity contribution < 1.29 is 18.7 Å². The van der Waals surface area contributed by atoms with E-state index in [4.69, 9.17) is 9.15 Å². The van der Waals surface area contributed by atoms with E-state index in [1.165, 1.54) is 16.7 Å². The van der Waals surface area contributed by atoms with Gasteiger partial charge in [0.05, 0.1) is 29.1 Å². The molecule has 1 aliphatic heterocycles. The van der Waals surface area contributed by atoms with Crippen LogP contribution < -0.4 is 4.74 Å². The number of nitrogens with zero attached hydrogens (tertiary/aromatic N) is 1. The van der Waals surface area contributed by atoms with E-state index in [2.05, 4.69) is 13.8 Å². The zero-order chi connectivity index (χ0) is 20.1. The van der Waals surface area contributed by atoms with E-state index >= 15 is 0 Å². The summed E-state index contributed by atoms with van der Waals surface area (Å²) < 4.78 is 11.1. The number of hydrogen-bond donors (Lipinski definition) is 0. The zero-order valence-corrected chi connectivity index (χ0v) is 17.3. The first kappa shape index (κ1) is 20.3. The van der Waals surface area contributed by atoms with Crippen LogP contribution >= 0.6 is 11.8 Å². The molecule has 2 amide bonds. The lowest BCUT2D eigenvalue weighted by Gasteiger charge is -2.13. The van der Waals surface area contributed by atoms with Gasteiger partial charge in [0.15, 0.2) is 0 Å². The molecule has 1 aromatic carbocycles. The maximum atomic E-state index is 13.0. The van der Waals surface area contributed by atoms with Gasteiger partial charge in [0, 0.05) is 6.54 Å². The SMILES string of the molecule is CCCN1C(=O)C(SCc2ccco2)=C(c2ccc(OCC(C)C)cc2)C1=O. The third-order valence-corrected chi connectivity index (χ3v) is 5.33. The number of furan rings is 1. The van der Waals surface area contributed by atoms with Crippen molar-refractivity contribution in [3.05, 3.63) is 58.9 Å². The minimum Gasteiger partial charge on any atom is -0.493 e. The molecule has 6 heteroatoms. The second kappa shape index (κ2) is 9.15. The van der Waals surface area contributed by atoms with Gasteiger partial charge in [0.1, 0.15) is 11.5 Å². The van der Waals surface area contributed by atoms with Crippen LogP contribution in [0.25, 0.3) is 5.57 Å². The molecule has 0 atom stereocenters. The minimum absolute atomic E-state index is 0.224. The highest BCUT2D eigenvalue weighted by Gasteiger charge is 2.38. The second-order valence-corrected chi connectivity index (χ2v) is 8.05. The van der Waals surface area contributed by atoms with Gasteiger partial charge in [-0.2, -0.15) is 0 Å². The topological polar surface area (TPSA) is 59.8 Å². The first-order valence-corrected chi connectivity index (χ1v) is 10.5. The fourth-order valence-corrected chi connectivity index (χ4v) is 3.92. The Morgan fingerprint density at radius 3 is 2.46 bits per heavy atom. The number of hydrogen-bond acceptors (Lipinski definition) is 5. The van der Waals surface area contributed by atoms with Gasteiger partial charge < -0.3 is 9.15 Å². The summed E-state index contributed by atoms with van der Waals surface area (Å²) in [5.74, 6) is 2.00. The van der Waals surface area contributed by atoms with Crippen LogP contribution in [-0.2, 0) is 15.3 Å². The molecule has 3 rings (SSSR count). The van der Waals surface area contributed by atoms with Gasteiger partial charge in [-0.15, -0.1) is 11.8 Å². The molecule has 0 saturated heterocycles. The van der Waals surface area contributed by atoms with Crippen LogP contribution in [0.1, 0.15) is 38.5 Å². The average molecular weight is 400 g/mol. The number of thioether (sulfide) groups is 1. The summed E-state index contributed by atoms with van der Waals surface area (Å²) in [5.41, 5.74) is 1.20. The van der Waals surface area contributed by atoms with Crippen molar-refractivity contribution in [1.82, 2.24) is 4.90 Å². The lowest BCUT2D eigenvalue weighted by Crippen LogP contribution is -2.32. The quantitative estimate of drug-likeness (QED) is 0.570. The molecule has 0 radical (unpaired) electrons. The third kappa shape index (κ3) is 4.50. The van der Waals surface area contributed by atoms with Crippen LogP contribution in [0.2, 0.25) is 0 Å². The molecule has 0 spiro atoms. The second-order valence-electron chi connectivity index (χ2n) is 7.06. The number of carbonyl (C=O) groups is 2. The lowest BCUT2D eigenvalue weighted by molar-refractivity contribution is -0.136. The summed E-state index contributed by atoms with van der Waals surface area (Å²) >= 11 is 1.35. The number of ether oxygens (including phenoxy) is 1. The molecule has 0 aliphatic carbocycles. The van der Waals surface area contributed by atoms with Crippen molar-refractivity contribution in [3.63, 3.8) is 0 Å². The first-order valence-electron chi connectivity index (χ1n) is 9.50. The van der Waals surface area contributed by atoms with Crippen LogP contribution in [0.5, 0.6) is 5.75 Å². The molecule has 0 bridgehead atoms. The largest absolute Gasteiger partial charge is 0.493 e. The van der Waals surface area contributed by atoms with Gasteiger partial charge in [-0.3, -0.25) is 14.5 Å². The lowest BCUT2D eigenvalue weighted by atomic mass is 10.1. The monoisotopic (exact) mass is 399 g/mol. The molecular formula is C22H25NO4S. The first-order chi connectivity index (χ1) is 13.5. The number of amides is 2. The summed E-state index contributed by atoms with van der Waals surface area (Å²) in [6.45, 7) is 7.18. The van der Waals surface area contributed by atoms with E-state index in [9.17, 15) is 9.59 Å². The van der Waals surface area contributed by atoms with Crippen molar-refractivity contribution in [3.8, 4) is 5.75 Å². The number of benzene rings is 1. The summed E-state index contributed by atoms with van der Waals surface area (Å²) in [7, 11) is 0. The van der Waals surface area contributed by atoms with E-state index in [1.54, 1.807) is 6.26 Å². The van der Waals surface area contributed by atoms with Gasteiger partial charge >= 0.3 is 0 Å². The van der Waals surface area contributed by atoms with Crippen LogP contribution in [0.3, 0.4) is 0 Å². The van der Waals surface area contributed by atoms with E-state index in [0.29, 0.717) is 35.3 Å². The Kier molecular flexibility index (Phi) is 6.62. The summed E-state index contributed by atoms with van der Waals surface area (Å²) in [4.78, 5) is 27.6. The molecule has 1 aliphatic rings. The molecule has 5 nitrogen and oxygen atoms in total. The molecular weight excluding hydrogens is 374 g/mol. The molecule has 2 aromatic rings. The smallest absolute Gasteiger partial charge is 0.267 e. The van der Waals surface area contributed by atoms with E-state index in [0.717, 1.165) is 23.5 Å². The van der Waals surface area contributed by atoms with Crippen LogP contribution in [0.4, 0.5) is 0 Å². The Hall–Kier alpha value is -2.47. The van der Waals surface area contributed by atoms with Crippen LogP contribution in [0.15, 0.2) is 52.0 Å². The van der Waals surface area contributed by atoms with Gasteiger partial charge in [-0.05, 0) is 42.2 Å². The standard InChI is InChI=1S/C22H25NO4S/c1-4-11-23-21(24)19(16-7-9-17(10-8-16)27-13-15(2)3)20(22(23)25)28-14-18-6-5-12-26-18/h5-10,12,15H,4,11,13-14H2,1-3H3. The molecule has 148 valence electrons. The van der Waals surface area contributed by atoms with Gasteiger partial charge in [0.2, 0.25) is 0 Å². The average Bonchev–Trinajstić information content (AvgIpc) is 3.28. The molecule has 0 saturated carbocycles. The maximum Gasteiger partial charge on any atom is 0.267 e. The zero-order valence-electron chi connectivity index (χ0n) is 16.4. The summed E-state index contributed by atoms with van der Waals surface area (Å²) in [6.07, 6.45) is 2.33. The van der Waals surface area contributed by atoms with Crippen molar-refractivity contribution in [2.45, 2.75) is 32.9 Å². The Morgan fingerprint density at radius 2 is 1.86 bits per heavy atom. The third-order valence-electron chi connectivity index (χ3n) is 4.24. The fraction of sp³-hybridized carbons (Fsp3) is 0.364. The number of imide groups is 1. The molecule has 1 aromatic heterocycles. The van der Waals surface area contributed by atoms with E-state index in [-0.39, 0.29) is 11.8 Å². The number of rotatable bonds is 9. The molecule has 0 fully saturated rings. The molecule has 2 heterocycles. The van der Waals surface area contributed by atoms with Crippen molar-refractivity contribution in [2.75, 3.05) is 13.2 Å². The molecule has 28 heavy (non-hydrogen) atoms. The van der Waals surface area contributed by atoms with Crippen LogP contribution in [0, 0.1) is 5.92 Å². The Bertz CT molecular complexity index is 853. The van der Waals surface area contributed by atoms with Gasteiger partial charge in [-0.25, -0.2) is 0 Å².